The quantitative estimate of drug-likeness (QED) is 0.576. The third kappa shape index (κ3) is 2.71. The second kappa shape index (κ2) is 3.61. The summed E-state index contributed by atoms with van der Waals surface area (Å²) in [6.07, 6.45) is 10.3. The molecule has 3 heteroatoms. The number of urea groups is 1. The van der Waals surface area contributed by atoms with Gasteiger partial charge in [-0.3, -0.25) is 0 Å². The summed E-state index contributed by atoms with van der Waals surface area (Å²) in [7, 11) is 0. The molecule has 0 unspecified atom stereocenters. The summed E-state index contributed by atoms with van der Waals surface area (Å²) in [6, 6.07) is -0.531. The molecule has 0 saturated carbocycles. The van der Waals surface area contributed by atoms with E-state index in [1.165, 1.54) is 0 Å². The molecule has 11 heavy (non-hydrogen) atoms. The number of carbonyl (C=O) groups is 1. The zero-order valence-corrected chi connectivity index (χ0v) is 6.08. The van der Waals surface area contributed by atoms with Crippen LogP contribution in [0.4, 0.5) is 4.79 Å². The van der Waals surface area contributed by atoms with Crippen molar-refractivity contribution in [2.24, 2.45) is 5.73 Å². The summed E-state index contributed by atoms with van der Waals surface area (Å²) >= 11 is 0. The fourth-order valence-corrected chi connectivity index (χ4v) is 0.805. The minimum atomic E-state index is -0.531. The van der Waals surface area contributed by atoms with E-state index in [4.69, 9.17) is 5.73 Å². The first kappa shape index (κ1) is 7.60. The highest BCUT2D eigenvalue weighted by molar-refractivity contribution is 5.74. The van der Waals surface area contributed by atoms with Crippen LogP contribution in [0, 0.1) is 0 Å². The van der Waals surface area contributed by atoms with Crippen molar-refractivity contribution in [1.29, 1.82) is 0 Å². The molecule has 0 aromatic carbocycles. The van der Waals surface area contributed by atoms with E-state index >= 15 is 0 Å². The van der Waals surface area contributed by atoms with Gasteiger partial charge in [0, 0.05) is 5.70 Å². The van der Waals surface area contributed by atoms with E-state index in [-0.39, 0.29) is 0 Å². The Hall–Kier alpha value is -1.51. The molecule has 3 N–H and O–H groups in total. The molecule has 0 fully saturated rings. The molecular formula is C8H10N2O. The van der Waals surface area contributed by atoms with Crippen molar-refractivity contribution in [2.75, 3.05) is 0 Å². The summed E-state index contributed by atoms with van der Waals surface area (Å²) < 4.78 is 0. The third-order valence-electron chi connectivity index (χ3n) is 1.25. The van der Waals surface area contributed by atoms with E-state index in [9.17, 15) is 4.79 Å². The molecule has 1 aliphatic carbocycles. The maximum absolute atomic E-state index is 10.4. The fourth-order valence-electron chi connectivity index (χ4n) is 0.805. The molecule has 0 radical (unpaired) electrons. The first-order valence-electron chi connectivity index (χ1n) is 3.39. The smallest absolute Gasteiger partial charge is 0.316 e. The molecule has 1 aliphatic rings. The first-order valence-corrected chi connectivity index (χ1v) is 3.39. The summed E-state index contributed by atoms with van der Waals surface area (Å²) in [4.78, 5) is 10.4. The minimum Gasteiger partial charge on any atom is -0.351 e. The number of nitrogens with two attached hydrogens (primary N) is 1. The van der Waals surface area contributed by atoms with E-state index in [0.29, 0.717) is 0 Å². The molecule has 2 amide bonds. The molecule has 58 valence electrons. The molecule has 0 saturated heterocycles. The third-order valence-corrected chi connectivity index (χ3v) is 1.25. The number of nitrogens with one attached hydrogen (secondary N) is 1. The van der Waals surface area contributed by atoms with E-state index in [1.54, 1.807) is 6.08 Å². The number of carbonyl (C=O) groups excluding carboxylic acids is 1. The Balaban J connectivity index is 2.62. The van der Waals surface area contributed by atoms with Crippen LogP contribution in [0.25, 0.3) is 0 Å². The van der Waals surface area contributed by atoms with Gasteiger partial charge in [-0.05, 0) is 18.6 Å². The average Bonchev–Trinajstić information content (AvgIpc) is 2.14. The van der Waals surface area contributed by atoms with Crippen LogP contribution in [0.2, 0.25) is 0 Å². The van der Waals surface area contributed by atoms with E-state index in [0.717, 1.165) is 12.1 Å². The summed E-state index contributed by atoms with van der Waals surface area (Å²) in [5.74, 6) is 0. The van der Waals surface area contributed by atoms with E-state index in [1.807, 2.05) is 24.3 Å². The molecular weight excluding hydrogens is 140 g/mol. The van der Waals surface area contributed by atoms with Gasteiger partial charge in [0.25, 0.3) is 0 Å². The van der Waals surface area contributed by atoms with Crippen LogP contribution in [0.1, 0.15) is 6.42 Å². The number of allylic oxidation sites excluding steroid dienone is 5. The number of primary amides is 1. The lowest BCUT2D eigenvalue weighted by Gasteiger charge is -1.98. The number of amides is 2. The zero-order chi connectivity index (χ0) is 8.10. The zero-order valence-electron chi connectivity index (χ0n) is 6.08. The van der Waals surface area contributed by atoms with Crippen molar-refractivity contribution in [1.82, 2.24) is 5.32 Å². The van der Waals surface area contributed by atoms with Crippen LogP contribution in [0.15, 0.2) is 36.1 Å². The molecule has 0 atom stereocenters. The van der Waals surface area contributed by atoms with Gasteiger partial charge in [-0.25, -0.2) is 4.79 Å². The SMILES string of the molecule is NC(=O)NC1=CC=CCC=C1. The van der Waals surface area contributed by atoms with Gasteiger partial charge >= 0.3 is 6.03 Å². The first-order chi connectivity index (χ1) is 5.29. The molecule has 0 spiro atoms. The number of rotatable bonds is 1. The molecule has 0 aromatic heterocycles. The van der Waals surface area contributed by atoms with Gasteiger partial charge < -0.3 is 11.1 Å². The van der Waals surface area contributed by atoms with Gasteiger partial charge in [0.2, 0.25) is 0 Å². The molecule has 0 aromatic rings. The van der Waals surface area contributed by atoms with Crippen molar-refractivity contribution in [3.05, 3.63) is 36.1 Å². The van der Waals surface area contributed by atoms with Crippen molar-refractivity contribution in [3.8, 4) is 0 Å². The highest BCUT2D eigenvalue weighted by Crippen LogP contribution is 2.00. The Kier molecular flexibility index (Phi) is 2.49. The van der Waals surface area contributed by atoms with Crippen LogP contribution in [-0.2, 0) is 0 Å². The van der Waals surface area contributed by atoms with Gasteiger partial charge in [-0.2, -0.15) is 0 Å². The standard InChI is InChI=1S/C8H10N2O/c9-8(11)10-7-5-3-1-2-4-6-7/h1,3-6H,2H2,(H3,9,10,11). The monoisotopic (exact) mass is 150 g/mol. The maximum atomic E-state index is 10.4. The second-order valence-corrected chi connectivity index (χ2v) is 2.18. The Morgan fingerprint density at radius 2 is 2.36 bits per heavy atom. The normalized spacial score (nSPS) is 15.5. The number of hydrogen-bond acceptors (Lipinski definition) is 1. The number of hydrogen-bond donors (Lipinski definition) is 2. The second-order valence-electron chi connectivity index (χ2n) is 2.18. The Labute approximate surface area is 65.3 Å². The average molecular weight is 150 g/mol. The van der Waals surface area contributed by atoms with Gasteiger partial charge in [-0.1, -0.05) is 18.2 Å². The van der Waals surface area contributed by atoms with Gasteiger partial charge in [0.05, 0.1) is 0 Å². The Bertz CT molecular complexity index is 238. The van der Waals surface area contributed by atoms with Crippen LogP contribution < -0.4 is 11.1 Å². The van der Waals surface area contributed by atoms with Crippen LogP contribution >= 0.6 is 0 Å². The molecule has 0 heterocycles. The lowest BCUT2D eigenvalue weighted by Crippen LogP contribution is -2.27. The van der Waals surface area contributed by atoms with Gasteiger partial charge in [-0.15, -0.1) is 0 Å². The predicted molar refractivity (Wildman–Crippen MR) is 43.7 cm³/mol. The van der Waals surface area contributed by atoms with E-state index in [2.05, 4.69) is 5.32 Å². The van der Waals surface area contributed by atoms with Crippen LogP contribution in [-0.4, -0.2) is 6.03 Å². The lowest BCUT2D eigenvalue weighted by molar-refractivity contribution is 0.251. The summed E-state index contributed by atoms with van der Waals surface area (Å²) in [5, 5.41) is 2.48. The van der Waals surface area contributed by atoms with Crippen molar-refractivity contribution in [3.63, 3.8) is 0 Å². The van der Waals surface area contributed by atoms with Crippen molar-refractivity contribution in [2.45, 2.75) is 6.42 Å². The maximum Gasteiger partial charge on any atom is 0.316 e. The van der Waals surface area contributed by atoms with Crippen LogP contribution in [0.3, 0.4) is 0 Å². The molecule has 1 rings (SSSR count). The largest absolute Gasteiger partial charge is 0.351 e. The summed E-state index contributed by atoms with van der Waals surface area (Å²) in [6.45, 7) is 0. The van der Waals surface area contributed by atoms with Gasteiger partial charge in [0.15, 0.2) is 0 Å². The fraction of sp³-hybridized carbons (Fsp3) is 0.125. The highest BCUT2D eigenvalue weighted by atomic mass is 16.2. The lowest BCUT2D eigenvalue weighted by atomic mass is 10.3. The highest BCUT2D eigenvalue weighted by Gasteiger charge is 1.94. The van der Waals surface area contributed by atoms with Crippen molar-refractivity contribution >= 4 is 6.03 Å². The Morgan fingerprint density at radius 1 is 1.55 bits per heavy atom. The Morgan fingerprint density at radius 3 is 3.09 bits per heavy atom. The molecule has 0 bridgehead atoms. The molecule has 3 nitrogen and oxygen atoms in total. The van der Waals surface area contributed by atoms with E-state index < -0.39 is 6.03 Å². The predicted octanol–water partition coefficient (Wildman–Crippen LogP) is 1.05. The summed E-state index contributed by atoms with van der Waals surface area (Å²) in [5.41, 5.74) is 5.65. The van der Waals surface area contributed by atoms with Crippen LogP contribution in [0.5, 0.6) is 0 Å². The van der Waals surface area contributed by atoms with Crippen molar-refractivity contribution < 1.29 is 4.79 Å². The topological polar surface area (TPSA) is 55.1 Å². The molecule has 0 aliphatic heterocycles. The minimum absolute atomic E-state index is 0.531. The van der Waals surface area contributed by atoms with Gasteiger partial charge in [0.1, 0.15) is 0 Å².